The molecule has 0 unspecified atom stereocenters. The van der Waals surface area contributed by atoms with Crippen LogP contribution in [0.4, 0.5) is 0 Å². The summed E-state index contributed by atoms with van der Waals surface area (Å²) in [4.78, 5) is 24.9. The largest absolute Gasteiger partial charge is 0.494 e. The molecule has 0 spiro atoms. The molecule has 144 valence electrons. The maximum Gasteiger partial charge on any atom is 0.290 e. The van der Waals surface area contributed by atoms with Gasteiger partial charge in [-0.1, -0.05) is 6.07 Å². The van der Waals surface area contributed by atoms with Crippen molar-refractivity contribution >= 4 is 12.4 Å². The second kappa shape index (κ2) is 10.0. The van der Waals surface area contributed by atoms with Gasteiger partial charge in [-0.3, -0.25) is 14.6 Å². The number of hydrogen-bond donors (Lipinski definition) is 2. The summed E-state index contributed by atoms with van der Waals surface area (Å²) in [7, 11) is 1.52. The molecule has 1 aliphatic heterocycles. The highest BCUT2D eigenvalue weighted by molar-refractivity contribution is 5.96. The van der Waals surface area contributed by atoms with Crippen molar-refractivity contribution in [2.75, 3.05) is 20.3 Å². The summed E-state index contributed by atoms with van der Waals surface area (Å²) in [6.07, 6.45) is 2.42. The van der Waals surface area contributed by atoms with E-state index in [1.807, 2.05) is 25.1 Å². The minimum Gasteiger partial charge on any atom is -0.494 e. The molecule has 2 heterocycles. The topological polar surface area (TPSA) is 107 Å². The van der Waals surface area contributed by atoms with Gasteiger partial charge in [0.05, 0.1) is 32.1 Å². The van der Waals surface area contributed by atoms with Gasteiger partial charge in [-0.05, 0) is 30.7 Å². The van der Waals surface area contributed by atoms with E-state index in [1.54, 1.807) is 12.3 Å². The van der Waals surface area contributed by atoms with Gasteiger partial charge in [-0.2, -0.15) is 0 Å². The van der Waals surface area contributed by atoms with Crippen LogP contribution in [-0.2, 0) is 11.3 Å². The van der Waals surface area contributed by atoms with Crippen LogP contribution in [0.2, 0.25) is 0 Å². The number of fused-ring (bicyclic) bond motifs is 1. The van der Waals surface area contributed by atoms with E-state index >= 15 is 0 Å². The number of benzene rings is 1. The van der Waals surface area contributed by atoms with Crippen LogP contribution in [0.25, 0.3) is 0 Å². The highest BCUT2D eigenvalue weighted by atomic mass is 16.5. The average molecular weight is 374 g/mol. The second-order valence-electron chi connectivity index (χ2n) is 5.65. The molecule has 0 atom stereocenters. The molecule has 2 N–H and O–H groups in total. The first-order valence-corrected chi connectivity index (χ1v) is 8.34. The van der Waals surface area contributed by atoms with Gasteiger partial charge in [0.2, 0.25) is 0 Å². The number of ether oxygens (including phenoxy) is 3. The van der Waals surface area contributed by atoms with E-state index in [1.165, 1.54) is 7.11 Å². The molecule has 8 nitrogen and oxygen atoms in total. The summed E-state index contributed by atoms with van der Waals surface area (Å²) in [5.41, 5.74) is 2.17. The number of nitrogens with zero attached hydrogens (tertiary/aromatic N) is 1. The molecule has 0 bridgehead atoms. The molecule has 8 heteroatoms. The molecule has 27 heavy (non-hydrogen) atoms. The first-order valence-electron chi connectivity index (χ1n) is 8.34. The fraction of sp³-hybridized carbons (Fsp3) is 0.316. The summed E-state index contributed by atoms with van der Waals surface area (Å²) in [6.45, 7) is 3.26. The SMILES string of the molecule is COc1cnc(C)cc1C(=O)NCc1ccc2c(c1)OCCCO2.O=CO. The van der Waals surface area contributed by atoms with E-state index in [-0.39, 0.29) is 12.4 Å². The number of carbonyl (C=O) groups is 2. The van der Waals surface area contributed by atoms with E-state index in [2.05, 4.69) is 10.3 Å². The van der Waals surface area contributed by atoms with Gasteiger partial charge in [0, 0.05) is 18.7 Å². The van der Waals surface area contributed by atoms with Crippen molar-refractivity contribution in [1.82, 2.24) is 10.3 Å². The molecule has 0 aliphatic carbocycles. The first-order chi connectivity index (χ1) is 13.1. The highest BCUT2D eigenvalue weighted by Gasteiger charge is 2.14. The standard InChI is InChI=1S/C18H20N2O4.CH2O2/c1-12-8-14(17(22-2)11-19-12)18(21)20-10-13-4-5-15-16(9-13)24-7-3-6-23-15;2-1-3/h4-5,8-9,11H,3,6-7,10H2,1-2H3,(H,20,21);1H,(H,2,3). The maximum atomic E-state index is 12.4. The normalized spacial score (nSPS) is 12.1. The Balaban J connectivity index is 0.000000817. The van der Waals surface area contributed by atoms with Crippen molar-refractivity contribution in [2.45, 2.75) is 19.9 Å². The van der Waals surface area contributed by atoms with Gasteiger partial charge in [0.25, 0.3) is 12.4 Å². The Morgan fingerprint density at radius 1 is 1.30 bits per heavy atom. The van der Waals surface area contributed by atoms with Crippen LogP contribution in [0.3, 0.4) is 0 Å². The summed E-state index contributed by atoms with van der Waals surface area (Å²) in [5, 5.41) is 9.79. The number of rotatable bonds is 4. The summed E-state index contributed by atoms with van der Waals surface area (Å²) < 4.78 is 16.5. The van der Waals surface area contributed by atoms with Crippen molar-refractivity contribution in [1.29, 1.82) is 0 Å². The van der Waals surface area contributed by atoms with E-state index in [9.17, 15) is 4.79 Å². The Hall–Kier alpha value is -3.29. The zero-order chi connectivity index (χ0) is 19.6. The molecular formula is C19H22N2O6. The molecule has 1 aromatic heterocycles. The smallest absolute Gasteiger partial charge is 0.290 e. The second-order valence-corrected chi connectivity index (χ2v) is 5.65. The molecule has 0 saturated carbocycles. The molecule has 0 saturated heterocycles. The molecular weight excluding hydrogens is 352 g/mol. The van der Waals surface area contributed by atoms with Crippen LogP contribution in [-0.4, -0.2) is 42.8 Å². The van der Waals surface area contributed by atoms with Crippen molar-refractivity contribution in [3.63, 3.8) is 0 Å². The van der Waals surface area contributed by atoms with Gasteiger partial charge in [0.1, 0.15) is 5.75 Å². The fourth-order valence-corrected chi connectivity index (χ4v) is 2.48. The van der Waals surface area contributed by atoms with Crippen LogP contribution in [0.5, 0.6) is 17.2 Å². The third kappa shape index (κ3) is 5.60. The maximum absolute atomic E-state index is 12.4. The van der Waals surface area contributed by atoms with E-state index in [0.717, 1.165) is 29.2 Å². The number of carboxylic acid groups (broad SMARTS) is 1. The molecule has 3 rings (SSSR count). The van der Waals surface area contributed by atoms with Gasteiger partial charge < -0.3 is 24.6 Å². The predicted molar refractivity (Wildman–Crippen MR) is 97.4 cm³/mol. The van der Waals surface area contributed by atoms with Crippen molar-refractivity contribution in [3.05, 3.63) is 47.3 Å². The molecule has 1 amide bonds. The van der Waals surface area contributed by atoms with Gasteiger partial charge in [-0.25, -0.2) is 0 Å². The monoisotopic (exact) mass is 374 g/mol. The van der Waals surface area contributed by atoms with Gasteiger partial charge >= 0.3 is 0 Å². The molecule has 1 aliphatic rings. The minimum atomic E-state index is -0.250. The third-order valence-corrected chi connectivity index (χ3v) is 3.73. The Labute approximate surface area is 157 Å². The van der Waals surface area contributed by atoms with E-state index in [4.69, 9.17) is 24.1 Å². The zero-order valence-electron chi connectivity index (χ0n) is 15.2. The third-order valence-electron chi connectivity index (χ3n) is 3.73. The van der Waals surface area contributed by atoms with Crippen LogP contribution >= 0.6 is 0 Å². The van der Waals surface area contributed by atoms with Crippen LogP contribution in [0.1, 0.15) is 28.0 Å². The molecule has 2 aromatic rings. The summed E-state index contributed by atoms with van der Waals surface area (Å²) in [6, 6.07) is 7.40. The molecule has 0 fully saturated rings. The lowest BCUT2D eigenvalue weighted by Crippen LogP contribution is -2.23. The molecule has 0 radical (unpaired) electrons. The summed E-state index contributed by atoms with van der Waals surface area (Å²) in [5.74, 6) is 1.71. The Morgan fingerprint density at radius 3 is 2.70 bits per heavy atom. The van der Waals surface area contributed by atoms with Gasteiger partial charge in [0.15, 0.2) is 11.5 Å². The predicted octanol–water partition coefficient (Wildman–Crippen LogP) is 2.19. The fourth-order valence-electron chi connectivity index (χ4n) is 2.48. The number of aryl methyl sites for hydroxylation is 1. The van der Waals surface area contributed by atoms with E-state index < -0.39 is 0 Å². The van der Waals surface area contributed by atoms with Crippen LogP contribution in [0.15, 0.2) is 30.5 Å². The lowest BCUT2D eigenvalue weighted by atomic mass is 10.1. The quantitative estimate of drug-likeness (QED) is 0.790. The number of hydrogen-bond acceptors (Lipinski definition) is 6. The summed E-state index contributed by atoms with van der Waals surface area (Å²) >= 11 is 0. The number of aromatic nitrogens is 1. The number of amides is 1. The number of nitrogens with one attached hydrogen (secondary N) is 1. The van der Waals surface area contributed by atoms with Crippen molar-refractivity contribution < 1.29 is 28.9 Å². The van der Waals surface area contributed by atoms with Crippen LogP contribution < -0.4 is 19.5 Å². The van der Waals surface area contributed by atoms with Crippen LogP contribution in [0, 0.1) is 6.92 Å². The average Bonchev–Trinajstić information content (AvgIpc) is 2.91. The lowest BCUT2D eigenvalue weighted by Gasteiger charge is -2.12. The first kappa shape index (κ1) is 20.0. The number of methoxy groups -OCH3 is 1. The lowest BCUT2D eigenvalue weighted by molar-refractivity contribution is -0.122. The minimum absolute atomic E-state index is 0.204. The highest BCUT2D eigenvalue weighted by Crippen LogP contribution is 2.30. The Morgan fingerprint density at radius 2 is 2.00 bits per heavy atom. The number of pyridine rings is 1. The van der Waals surface area contributed by atoms with Crippen molar-refractivity contribution in [2.24, 2.45) is 0 Å². The van der Waals surface area contributed by atoms with Crippen molar-refractivity contribution in [3.8, 4) is 17.2 Å². The zero-order valence-corrected chi connectivity index (χ0v) is 15.2. The Bertz CT molecular complexity index is 794. The number of carbonyl (C=O) groups excluding carboxylic acids is 1. The Kier molecular flexibility index (Phi) is 7.42. The van der Waals surface area contributed by atoms with Gasteiger partial charge in [-0.15, -0.1) is 0 Å². The van der Waals surface area contributed by atoms with E-state index in [0.29, 0.717) is 31.1 Å². The molecule has 1 aromatic carbocycles.